The molecule has 4 nitrogen and oxygen atoms in total. The van der Waals surface area contributed by atoms with E-state index in [0.29, 0.717) is 0 Å². The average molecular weight is 283 g/mol. The second-order valence-corrected chi connectivity index (χ2v) is 6.25. The highest BCUT2D eigenvalue weighted by molar-refractivity contribution is 5.84. The van der Waals surface area contributed by atoms with Crippen LogP contribution in [0, 0.1) is 0 Å². The van der Waals surface area contributed by atoms with Crippen molar-refractivity contribution in [1.29, 1.82) is 0 Å². The summed E-state index contributed by atoms with van der Waals surface area (Å²) in [6.07, 6.45) is 13.3. The smallest absolute Gasteiger partial charge is 0.350 e. The predicted octanol–water partition coefficient (Wildman–Crippen LogP) is 4.53. The van der Waals surface area contributed by atoms with Gasteiger partial charge in [0.15, 0.2) is 0 Å². The maximum absolute atomic E-state index is 11.0. The van der Waals surface area contributed by atoms with Crippen molar-refractivity contribution in [2.24, 2.45) is 5.16 Å². The summed E-state index contributed by atoms with van der Waals surface area (Å²) in [5.41, 5.74) is -0.212. The largest absolute Gasteiger partial charge is 0.478 e. The van der Waals surface area contributed by atoms with Gasteiger partial charge in [0.25, 0.3) is 0 Å². The molecule has 0 aliphatic heterocycles. The zero-order valence-electron chi connectivity index (χ0n) is 13.0. The minimum atomic E-state index is -1.24. The first-order valence-corrected chi connectivity index (χ1v) is 8.00. The third-order valence-corrected chi connectivity index (χ3v) is 3.85. The van der Waals surface area contributed by atoms with E-state index in [1.54, 1.807) is 0 Å². The Morgan fingerprint density at radius 3 is 1.75 bits per heavy atom. The Balaban J connectivity index is 2.51. The highest BCUT2D eigenvalue weighted by Gasteiger charge is 2.29. The fraction of sp³-hybridized carbons (Fsp3) is 0.875. The van der Waals surface area contributed by atoms with E-state index in [4.69, 9.17) is 9.94 Å². The molecule has 4 heteroatoms. The summed E-state index contributed by atoms with van der Waals surface area (Å²) in [5, 5.41) is 13.2. The van der Waals surface area contributed by atoms with Crippen molar-refractivity contribution in [3.05, 3.63) is 0 Å². The Morgan fingerprint density at radius 1 is 0.950 bits per heavy atom. The number of aliphatic carboxylic acids is 1. The molecule has 0 saturated heterocycles. The first-order chi connectivity index (χ1) is 9.52. The Labute approximate surface area is 122 Å². The van der Waals surface area contributed by atoms with E-state index < -0.39 is 11.6 Å². The quantitative estimate of drug-likeness (QED) is 0.774. The Bertz CT molecular complexity index is 310. The summed E-state index contributed by atoms with van der Waals surface area (Å²) in [6, 6.07) is 0. The molecule has 1 aliphatic rings. The van der Waals surface area contributed by atoms with Crippen LogP contribution in [0.4, 0.5) is 0 Å². The molecule has 1 N–H and O–H groups in total. The monoisotopic (exact) mass is 283 g/mol. The third-order valence-electron chi connectivity index (χ3n) is 3.85. The molecular weight excluding hydrogens is 254 g/mol. The molecule has 0 heterocycles. The molecule has 1 aliphatic carbocycles. The van der Waals surface area contributed by atoms with Gasteiger partial charge >= 0.3 is 5.97 Å². The summed E-state index contributed by atoms with van der Waals surface area (Å²) < 4.78 is 0. The van der Waals surface area contributed by atoms with E-state index in [2.05, 4.69) is 5.16 Å². The second-order valence-electron chi connectivity index (χ2n) is 6.25. The molecular formula is C16H29NO3. The lowest BCUT2D eigenvalue weighted by atomic mass is 10.00. The Kier molecular flexibility index (Phi) is 7.63. The van der Waals surface area contributed by atoms with Crippen LogP contribution in [0.2, 0.25) is 0 Å². The summed E-state index contributed by atoms with van der Waals surface area (Å²) >= 11 is 0. The zero-order chi connectivity index (χ0) is 14.8. The number of carboxylic acids is 1. The topological polar surface area (TPSA) is 58.9 Å². The van der Waals surface area contributed by atoms with Crippen molar-refractivity contribution in [1.82, 2.24) is 0 Å². The van der Waals surface area contributed by atoms with Gasteiger partial charge in [-0.15, -0.1) is 0 Å². The van der Waals surface area contributed by atoms with E-state index in [1.807, 2.05) is 0 Å². The minimum absolute atomic E-state index is 0.940. The van der Waals surface area contributed by atoms with E-state index in [0.717, 1.165) is 31.4 Å². The van der Waals surface area contributed by atoms with Crippen molar-refractivity contribution in [2.45, 2.75) is 90.1 Å². The van der Waals surface area contributed by atoms with Crippen LogP contribution in [0.1, 0.15) is 84.5 Å². The summed E-state index contributed by atoms with van der Waals surface area (Å²) in [6.45, 7) is 3.07. The van der Waals surface area contributed by atoms with Crippen LogP contribution in [-0.2, 0) is 9.63 Å². The van der Waals surface area contributed by atoms with Gasteiger partial charge in [0.05, 0.1) is 5.71 Å². The molecule has 0 aromatic heterocycles. The Hall–Kier alpha value is -1.06. The van der Waals surface area contributed by atoms with Crippen LogP contribution in [0.25, 0.3) is 0 Å². The lowest BCUT2D eigenvalue weighted by molar-refractivity contribution is -0.161. The highest BCUT2D eigenvalue weighted by Crippen LogP contribution is 2.17. The van der Waals surface area contributed by atoms with E-state index in [9.17, 15) is 4.79 Å². The highest BCUT2D eigenvalue weighted by atomic mass is 16.7. The first-order valence-electron chi connectivity index (χ1n) is 8.00. The van der Waals surface area contributed by atoms with Gasteiger partial charge in [-0.3, -0.25) is 0 Å². The molecule has 0 bridgehead atoms. The van der Waals surface area contributed by atoms with Crippen LogP contribution in [0.5, 0.6) is 0 Å². The zero-order valence-corrected chi connectivity index (χ0v) is 13.0. The van der Waals surface area contributed by atoms with Gasteiger partial charge in [0.2, 0.25) is 5.60 Å². The lowest BCUT2D eigenvalue weighted by Gasteiger charge is -2.18. The molecule has 0 radical (unpaired) electrons. The molecule has 0 aromatic rings. The maximum Gasteiger partial charge on any atom is 0.350 e. The molecule has 20 heavy (non-hydrogen) atoms. The fourth-order valence-electron chi connectivity index (χ4n) is 2.33. The molecule has 116 valence electrons. The first kappa shape index (κ1) is 17.0. The molecule has 0 atom stereocenters. The number of nitrogens with zero attached hydrogens (tertiary/aromatic N) is 1. The van der Waals surface area contributed by atoms with Crippen molar-refractivity contribution in [3.63, 3.8) is 0 Å². The molecule has 1 saturated carbocycles. The number of carboxylic acid groups (broad SMARTS) is 1. The number of hydrogen-bond acceptors (Lipinski definition) is 3. The van der Waals surface area contributed by atoms with Gasteiger partial charge in [-0.1, -0.05) is 50.1 Å². The SMILES string of the molecule is CC(C)(ON=C1CCCCCCCCCCC1)C(=O)O. The van der Waals surface area contributed by atoms with E-state index in [-0.39, 0.29) is 0 Å². The maximum atomic E-state index is 11.0. The predicted molar refractivity (Wildman–Crippen MR) is 81.0 cm³/mol. The average Bonchev–Trinajstić information content (AvgIpc) is 2.38. The molecule has 1 fully saturated rings. The van der Waals surface area contributed by atoms with E-state index >= 15 is 0 Å². The van der Waals surface area contributed by atoms with Crippen LogP contribution >= 0.6 is 0 Å². The van der Waals surface area contributed by atoms with Gasteiger partial charge in [-0.05, 0) is 39.5 Å². The lowest BCUT2D eigenvalue weighted by Crippen LogP contribution is -2.33. The number of carbonyl (C=O) groups is 1. The van der Waals surface area contributed by atoms with Crippen molar-refractivity contribution < 1.29 is 14.7 Å². The van der Waals surface area contributed by atoms with Crippen LogP contribution in [0.3, 0.4) is 0 Å². The van der Waals surface area contributed by atoms with Crippen LogP contribution in [0.15, 0.2) is 5.16 Å². The summed E-state index contributed by atoms with van der Waals surface area (Å²) in [4.78, 5) is 16.2. The second kappa shape index (κ2) is 8.98. The van der Waals surface area contributed by atoms with Gasteiger partial charge in [-0.25, -0.2) is 4.79 Å². The summed E-state index contributed by atoms with van der Waals surface area (Å²) in [5.74, 6) is -0.977. The van der Waals surface area contributed by atoms with Gasteiger partial charge in [0.1, 0.15) is 0 Å². The number of oxime groups is 1. The minimum Gasteiger partial charge on any atom is -0.478 e. The Morgan fingerprint density at radius 2 is 1.35 bits per heavy atom. The molecule has 0 unspecified atom stereocenters. The van der Waals surface area contributed by atoms with Crippen molar-refractivity contribution in [3.8, 4) is 0 Å². The van der Waals surface area contributed by atoms with Crippen molar-refractivity contribution in [2.75, 3.05) is 0 Å². The molecule has 0 spiro atoms. The van der Waals surface area contributed by atoms with Gasteiger partial charge < -0.3 is 9.94 Å². The van der Waals surface area contributed by atoms with Crippen LogP contribution in [-0.4, -0.2) is 22.4 Å². The summed E-state index contributed by atoms with van der Waals surface area (Å²) in [7, 11) is 0. The van der Waals surface area contributed by atoms with Crippen molar-refractivity contribution >= 4 is 11.7 Å². The number of rotatable bonds is 3. The number of hydrogen-bond donors (Lipinski definition) is 1. The molecule has 0 aromatic carbocycles. The third kappa shape index (κ3) is 6.92. The van der Waals surface area contributed by atoms with Gasteiger partial charge in [0, 0.05) is 0 Å². The molecule has 0 amide bonds. The standard InChI is InChI=1S/C16H29NO3/c1-16(2,15(18)19)20-17-14-12-10-8-6-4-3-5-7-9-11-13-14/h3-13H2,1-2H3,(H,18,19). The van der Waals surface area contributed by atoms with Gasteiger partial charge in [-0.2, -0.15) is 0 Å². The van der Waals surface area contributed by atoms with Crippen LogP contribution < -0.4 is 0 Å². The molecule has 1 rings (SSSR count). The fourth-order valence-corrected chi connectivity index (χ4v) is 2.33. The van der Waals surface area contributed by atoms with E-state index in [1.165, 1.54) is 58.8 Å². The normalized spacial score (nSPS) is 19.6.